The van der Waals surface area contributed by atoms with Crippen LogP contribution in [-0.2, 0) is 9.53 Å². The van der Waals surface area contributed by atoms with Crippen molar-refractivity contribution in [1.29, 1.82) is 0 Å². The van der Waals surface area contributed by atoms with Crippen LogP contribution in [0.5, 0.6) is 0 Å². The molecular weight excluding hydrogens is 170 g/mol. The minimum Gasteiger partial charge on any atom is -0.480 e. The number of aliphatic carboxylic acids is 1. The molecule has 1 N–H and O–H groups in total. The number of rotatable bonds is 3. The second kappa shape index (κ2) is 4.07. The summed E-state index contributed by atoms with van der Waals surface area (Å²) in [5.41, 5.74) is 0. The topological polar surface area (TPSA) is 49.8 Å². The van der Waals surface area contributed by atoms with E-state index < -0.39 is 12.0 Å². The predicted molar refractivity (Wildman–Crippen MR) is 48.7 cm³/mol. The lowest BCUT2D eigenvalue weighted by Gasteiger charge is -2.27. The van der Waals surface area contributed by atoms with Crippen molar-refractivity contribution in [3.8, 4) is 0 Å². The Balaban J connectivity index is 2.73. The van der Waals surface area contributed by atoms with Crippen LogP contribution in [0.25, 0.3) is 0 Å². The first kappa shape index (κ1) is 10.5. The lowest BCUT2D eigenvalue weighted by molar-refractivity contribution is -0.146. The zero-order chi connectivity index (χ0) is 10.0. The van der Waals surface area contributed by atoms with Crippen LogP contribution in [0.15, 0.2) is 0 Å². The summed E-state index contributed by atoms with van der Waals surface area (Å²) in [5, 5.41) is 9.01. The van der Waals surface area contributed by atoms with Gasteiger partial charge in [-0.05, 0) is 20.3 Å². The third-order valence-electron chi connectivity index (χ3n) is 2.60. The Morgan fingerprint density at radius 1 is 1.62 bits per heavy atom. The van der Waals surface area contributed by atoms with E-state index in [1.165, 1.54) is 0 Å². The Morgan fingerprint density at radius 3 is 2.62 bits per heavy atom. The fourth-order valence-electron chi connectivity index (χ4n) is 1.91. The number of carboxylic acids is 1. The highest BCUT2D eigenvalue weighted by atomic mass is 16.5. The van der Waals surface area contributed by atoms with Crippen molar-refractivity contribution in [2.45, 2.75) is 38.5 Å². The van der Waals surface area contributed by atoms with Gasteiger partial charge in [-0.25, -0.2) is 0 Å². The molecule has 1 aliphatic heterocycles. The number of likely N-dealkylation sites (tertiary alicyclic amines) is 1. The SMILES string of the molecule is CO[C@H]1CCN(C(C)C)[C@@H]1C(=O)O. The predicted octanol–water partition coefficient (Wildman–Crippen LogP) is 0.569. The van der Waals surface area contributed by atoms with Gasteiger partial charge in [0.1, 0.15) is 6.04 Å². The highest BCUT2D eigenvalue weighted by molar-refractivity contribution is 5.74. The summed E-state index contributed by atoms with van der Waals surface area (Å²) >= 11 is 0. The van der Waals surface area contributed by atoms with Crippen molar-refractivity contribution >= 4 is 5.97 Å². The molecule has 4 heteroatoms. The number of carbonyl (C=O) groups is 1. The minimum atomic E-state index is -0.780. The normalized spacial score (nSPS) is 29.8. The summed E-state index contributed by atoms with van der Waals surface area (Å²) in [6.07, 6.45) is 0.658. The number of hydrogen-bond acceptors (Lipinski definition) is 3. The number of nitrogens with zero attached hydrogens (tertiary/aromatic N) is 1. The lowest BCUT2D eigenvalue weighted by atomic mass is 10.1. The molecule has 0 radical (unpaired) electrons. The minimum absolute atomic E-state index is 0.153. The third-order valence-corrected chi connectivity index (χ3v) is 2.60. The average Bonchev–Trinajstić information content (AvgIpc) is 2.46. The van der Waals surface area contributed by atoms with Gasteiger partial charge in [-0.2, -0.15) is 0 Å². The fraction of sp³-hybridized carbons (Fsp3) is 0.889. The van der Waals surface area contributed by atoms with E-state index in [1.54, 1.807) is 7.11 Å². The second-order valence-electron chi connectivity index (χ2n) is 3.68. The highest BCUT2D eigenvalue weighted by Crippen LogP contribution is 2.22. The van der Waals surface area contributed by atoms with Crippen molar-refractivity contribution in [3.05, 3.63) is 0 Å². The maximum absolute atomic E-state index is 11.0. The van der Waals surface area contributed by atoms with Gasteiger partial charge >= 0.3 is 5.97 Å². The van der Waals surface area contributed by atoms with Crippen LogP contribution in [0.4, 0.5) is 0 Å². The summed E-state index contributed by atoms with van der Waals surface area (Å²) in [6.45, 7) is 4.83. The molecule has 1 aliphatic rings. The van der Waals surface area contributed by atoms with E-state index in [9.17, 15) is 4.79 Å². The molecule has 1 rings (SSSR count). The quantitative estimate of drug-likeness (QED) is 0.701. The number of methoxy groups -OCH3 is 1. The third kappa shape index (κ3) is 2.00. The van der Waals surface area contributed by atoms with Crippen LogP contribution >= 0.6 is 0 Å². The van der Waals surface area contributed by atoms with Crippen molar-refractivity contribution in [2.24, 2.45) is 0 Å². The molecule has 0 spiro atoms. The first-order valence-electron chi connectivity index (χ1n) is 4.59. The molecule has 1 heterocycles. The number of hydrogen-bond donors (Lipinski definition) is 1. The Hall–Kier alpha value is -0.610. The summed E-state index contributed by atoms with van der Waals surface area (Å²) < 4.78 is 5.14. The Kier molecular flexibility index (Phi) is 3.27. The Morgan fingerprint density at radius 2 is 2.23 bits per heavy atom. The number of ether oxygens (including phenoxy) is 1. The second-order valence-corrected chi connectivity index (χ2v) is 3.68. The number of carboxylic acid groups (broad SMARTS) is 1. The van der Waals surface area contributed by atoms with Crippen LogP contribution in [0.3, 0.4) is 0 Å². The lowest BCUT2D eigenvalue weighted by Crippen LogP contribution is -2.45. The molecule has 2 atom stereocenters. The van der Waals surface area contributed by atoms with Crippen LogP contribution in [0.1, 0.15) is 20.3 Å². The molecule has 0 aromatic heterocycles. The van der Waals surface area contributed by atoms with Crippen LogP contribution in [-0.4, -0.2) is 47.8 Å². The van der Waals surface area contributed by atoms with E-state index in [4.69, 9.17) is 9.84 Å². The van der Waals surface area contributed by atoms with Gasteiger partial charge in [-0.15, -0.1) is 0 Å². The summed E-state index contributed by atoms with van der Waals surface area (Å²) in [7, 11) is 1.57. The van der Waals surface area contributed by atoms with Gasteiger partial charge in [-0.1, -0.05) is 0 Å². The molecule has 0 bridgehead atoms. The maximum atomic E-state index is 11.0. The van der Waals surface area contributed by atoms with E-state index >= 15 is 0 Å². The fourth-order valence-corrected chi connectivity index (χ4v) is 1.91. The largest absolute Gasteiger partial charge is 0.480 e. The van der Waals surface area contributed by atoms with E-state index in [1.807, 2.05) is 18.7 Å². The molecule has 1 saturated heterocycles. The summed E-state index contributed by atoms with van der Waals surface area (Å²) in [4.78, 5) is 12.9. The maximum Gasteiger partial charge on any atom is 0.323 e. The molecule has 76 valence electrons. The molecule has 1 fully saturated rings. The Bertz CT molecular complexity index is 193. The van der Waals surface area contributed by atoms with Gasteiger partial charge < -0.3 is 9.84 Å². The van der Waals surface area contributed by atoms with Crippen molar-refractivity contribution in [1.82, 2.24) is 4.90 Å². The molecule has 0 aliphatic carbocycles. The summed E-state index contributed by atoms with van der Waals surface area (Å²) in [5.74, 6) is -0.780. The standard InChI is InChI=1S/C9H17NO3/c1-6(2)10-5-4-7(13-3)8(10)9(11)12/h6-8H,4-5H2,1-3H3,(H,11,12)/t7-,8-/m0/s1. The first-order chi connectivity index (χ1) is 6.07. The van der Waals surface area contributed by atoms with Gasteiger partial charge in [0.15, 0.2) is 0 Å². The van der Waals surface area contributed by atoms with Gasteiger partial charge in [0, 0.05) is 19.7 Å². The molecule has 0 unspecified atom stereocenters. The molecular formula is C9H17NO3. The molecule has 0 saturated carbocycles. The van der Waals surface area contributed by atoms with Crippen molar-refractivity contribution < 1.29 is 14.6 Å². The zero-order valence-electron chi connectivity index (χ0n) is 8.36. The van der Waals surface area contributed by atoms with Crippen molar-refractivity contribution in [3.63, 3.8) is 0 Å². The molecule has 0 aromatic rings. The van der Waals surface area contributed by atoms with E-state index in [0.717, 1.165) is 13.0 Å². The molecule has 0 amide bonds. The monoisotopic (exact) mass is 187 g/mol. The van der Waals surface area contributed by atoms with Gasteiger partial charge in [-0.3, -0.25) is 9.69 Å². The van der Waals surface area contributed by atoms with E-state index in [2.05, 4.69) is 0 Å². The van der Waals surface area contributed by atoms with Crippen LogP contribution in [0, 0.1) is 0 Å². The average molecular weight is 187 g/mol. The molecule has 13 heavy (non-hydrogen) atoms. The van der Waals surface area contributed by atoms with E-state index in [0.29, 0.717) is 0 Å². The van der Waals surface area contributed by atoms with Crippen molar-refractivity contribution in [2.75, 3.05) is 13.7 Å². The van der Waals surface area contributed by atoms with Gasteiger partial charge in [0.2, 0.25) is 0 Å². The smallest absolute Gasteiger partial charge is 0.323 e. The Labute approximate surface area is 78.5 Å². The van der Waals surface area contributed by atoms with Gasteiger partial charge in [0.05, 0.1) is 6.10 Å². The zero-order valence-corrected chi connectivity index (χ0v) is 8.36. The van der Waals surface area contributed by atoms with E-state index in [-0.39, 0.29) is 12.1 Å². The summed E-state index contributed by atoms with van der Waals surface area (Å²) in [6, 6.07) is -0.203. The van der Waals surface area contributed by atoms with Gasteiger partial charge in [0.25, 0.3) is 0 Å². The first-order valence-corrected chi connectivity index (χ1v) is 4.59. The van der Waals surface area contributed by atoms with Crippen LogP contribution < -0.4 is 0 Å². The van der Waals surface area contributed by atoms with Crippen LogP contribution in [0.2, 0.25) is 0 Å². The molecule has 4 nitrogen and oxygen atoms in total. The molecule has 0 aromatic carbocycles. The highest BCUT2D eigenvalue weighted by Gasteiger charge is 2.40.